The number of fused-ring (bicyclic) bond motifs is 2. The van der Waals surface area contributed by atoms with Crippen molar-refractivity contribution in [2.24, 2.45) is 0 Å². The Kier molecular flexibility index (Phi) is 4.20. The van der Waals surface area contributed by atoms with E-state index in [1.54, 1.807) is 17.2 Å². The van der Waals surface area contributed by atoms with Crippen molar-refractivity contribution in [1.29, 1.82) is 0 Å². The topological polar surface area (TPSA) is 82.6 Å². The molecule has 23 heavy (non-hydrogen) atoms. The van der Waals surface area contributed by atoms with Gasteiger partial charge in [-0.25, -0.2) is 4.98 Å². The Labute approximate surface area is 134 Å². The number of hydrogen-bond donors (Lipinski definition) is 1. The van der Waals surface area contributed by atoms with E-state index in [0.29, 0.717) is 38.3 Å². The van der Waals surface area contributed by atoms with Gasteiger partial charge < -0.3 is 10.2 Å². The van der Waals surface area contributed by atoms with Gasteiger partial charge in [0.2, 0.25) is 11.8 Å². The Balaban J connectivity index is 1.87. The molecule has 7 nitrogen and oxygen atoms in total. The molecule has 0 radical (unpaired) electrons. The fourth-order valence-electron chi connectivity index (χ4n) is 2.97. The fraction of sp³-hybridized carbons (Fsp3) is 0.375. The number of anilines is 1. The highest BCUT2D eigenvalue weighted by Gasteiger charge is 2.36. The van der Waals surface area contributed by atoms with Crippen LogP contribution in [0.4, 0.5) is 5.82 Å². The van der Waals surface area contributed by atoms with Crippen molar-refractivity contribution in [3.8, 4) is 0 Å². The Bertz CT molecular complexity index is 686. The number of amides is 2. The molecule has 1 aromatic heterocycles. The molecule has 1 N–H and O–H groups in total. The normalized spacial score (nSPS) is 21.3. The van der Waals surface area contributed by atoms with Crippen LogP contribution in [0, 0.1) is 0 Å². The summed E-state index contributed by atoms with van der Waals surface area (Å²) in [5.41, 5.74) is 1.72. The second kappa shape index (κ2) is 6.29. The van der Waals surface area contributed by atoms with Crippen LogP contribution in [0.5, 0.6) is 0 Å². The second-order valence-electron chi connectivity index (χ2n) is 5.71. The predicted molar refractivity (Wildman–Crippen MR) is 84.4 cm³/mol. The Morgan fingerprint density at radius 1 is 1.43 bits per heavy atom. The third kappa shape index (κ3) is 3.14. The van der Waals surface area contributed by atoms with E-state index in [-0.39, 0.29) is 17.9 Å². The quantitative estimate of drug-likeness (QED) is 0.626. The second-order valence-corrected chi connectivity index (χ2v) is 5.71. The molecule has 1 unspecified atom stereocenters. The summed E-state index contributed by atoms with van der Waals surface area (Å²) in [6.45, 7) is 3.76. The summed E-state index contributed by atoms with van der Waals surface area (Å²) in [5, 5.41) is 2.84. The van der Waals surface area contributed by atoms with Crippen molar-refractivity contribution in [2.45, 2.75) is 19.5 Å². The van der Waals surface area contributed by atoms with Crippen molar-refractivity contribution in [3.63, 3.8) is 0 Å². The lowest BCUT2D eigenvalue weighted by molar-refractivity contribution is -0.134. The first-order valence-electron chi connectivity index (χ1n) is 7.49. The van der Waals surface area contributed by atoms with E-state index in [9.17, 15) is 14.4 Å². The molecular weight excluding hydrogens is 296 g/mol. The number of carbonyl (C=O) groups is 3. The van der Waals surface area contributed by atoms with E-state index in [4.69, 9.17) is 0 Å². The van der Waals surface area contributed by atoms with Crippen LogP contribution >= 0.6 is 0 Å². The molecule has 0 aromatic carbocycles. The average Bonchev–Trinajstić information content (AvgIpc) is 2.68. The van der Waals surface area contributed by atoms with Crippen LogP contribution in [0.25, 0.3) is 6.08 Å². The van der Waals surface area contributed by atoms with Crippen LogP contribution < -0.4 is 5.32 Å². The molecule has 1 fully saturated rings. The molecule has 2 aliphatic rings. The number of allylic oxidation sites excluding steroid dienone is 1. The van der Waals surface area contributed by atoms with E-state index in [1.165, 1.54) is 13.0 Å². The molecule has 3 rings (SSSR count). The Morgan fingerprint density at radius 2 is 2.26 bits per heavy atom. The highest BCUT2D eigenvalue weighted by Crippen LogP contribution is 2.24. The fourth-order valence-corrected chi connectivity index (χ4v) is 2.97. The van der Waals surface area contributed by atoms with Gasteiger partial charge in [0.1, 0.15) is 18.1 Å². The summed E-state index contributed by atoms with van der Waals surface area (Å²) in [6.07, 6.45) is 5.42. The van der Waals surface area contributed by atoms with E-state index in [2.05, 4.69) is 15.2 Å². The molecule has 2 aliphatic heterocycles. The Hall–Kier alpha value is -2.54. The third-order valence-corrected chi connectivity index (χ3v) is 4.21. The van der Waals surface area contributed by atoms with Crippen molar-refractivity contribution in [2.75, 3.05) is 25.0 Å². The van der Waals surface area contributed by atoms with Gasteiger partial charge in [0.25, 0.3) is 0 Å². The standard InChI is InChI=1S/C16H18N4O3/c1-11(22)19-4-5-20-9-13-7-12(3-2-6-21)8-17-15(13)18-16(23)14(20)10-19/h2-3,6-8,14H,4-5,9-10H2,1H3,(H,17,18,23)/b3-2+. The van der Waals surface area contributed by atoms with Crippen LogP contribution in [0.15, 0.2) is 18.3 Å². The Morgan fingerprint density at radius 3 is 3.00 bits per heavy atom. The first kappa shape index (κ1) is 15.4. The molecule has 0 aliphatic carbocycles. The van der Waals surface area contributed by atoms with Gasteiger partial charge in [-0.3, -0.25) is 19.3 Å². The van der Waals surface area contributed by atoms with Gasteiger partial charge in [-0.2, -0.15) is 0 Å². The van der Waals surface area contributed by atoms with Crippen LogP contribution in [-0.4, -0.2) is 58.6 Å². The summed E-state index contributed by atoms with van der Waals surface area (Å²) in [4.78, 5) is 42.5. The number of nitrogens with one attached hydrogen (secondary N) is 1. The first-order valence-corrected chi connectivity index (χ1v) is 7.49. The summed E-state index contributed by atoms with van der Waals surface area (Å²) >= 11 is 0. The molecule has 1 atom stereocenters. The zero-order valence-electron chi connectivity index (χ0n) is 12.9. The van der Waals surface area contributed by atoms with Crippen molar-refractivity contribution in [3.05, 3.63) is 29.5 Å². The molecular formula is C16H18N4O3. The van der Waals surface area contributed by atoms with Gasteiger partial charge in [0.05, 0.1) is 0 Å². The summed E-state index contributed by atoms with van der Waals surface area (Å²) in [7, 11) is 0. The van der Waals surface area contributed by atoms with E-state index >= 15 is 0 Å². The van der Waals surface area contributed by atoms with E-state index in [1.807, 2.05) is 6.07 Å². The first-order chi connectivity index (χ1) is 11.1. The number of hydrogen-bond acceptors (Lipinski definition) is 5. The molecule has 120 valence electrons. The average molecular weight is 314 g/mol. The van der Waals surface area contributed by atoms with Gasteiger partial charge >= 0.3 is 0 Å². The molecule has 0 saturated carbocycles. The van der Waals surface area contributed by atoms with Gasteiger partial charge in [-0.05, 0) is 17.7 Å². The largest absolute Gasteiger partial charge is 0.340 e. The van der Waals surface area contributed by atoms with Gasteiger partial charge in [-0.1, -0.05) is 6.08 Å². The highest BCUT2D eigenvalue weighted by molar-refractivity contribution is 5.96. The number of aromatic nitrogens is 1. The monoisotopic (exact) mass is 314 g/mol. The number of piperazine rings is 1. The summed E-state index contributed by atoms with van der Waals surface area (Å²) in [6, 6.07) is 1.55. The van der Waals surface area contributed by atoms with Crippen molar-refractivity contribution < 1.29 is 14.4 Å². The molecule has 7 heteroatoms. The number of carbonyl (C=O) groups excluding carboxylic acids is 3. The smallest absolute Gasteiger partial charge is 0.244 e. The lowest BCUT2D eigenvalue weighted by Gasteiger charge is -2.38. The molecule has 0 spiro atoms. The number of rotatable bonds is 2. The van der Waals surface area contributed by atoms with Crippen LogP contribution in [0.1, 0.15) is 18.1 Å². The minimum Gasteiger partial charge on any atom is -0.340 e. The summed E-state index contributed by atoms with van der Waals surface area (Å²) < 4.78 is 0. The van der Waals surface area contributed by atoms with Crippen molar-refractivity contribution >= 4 is 30.0 Å². The molecule has 1 aromatic rings. The van der Waals surface area contributed by atoms with Gasteiger partial charge in [-0.15, -0.1) is 0 Å². The lowest BCUT2D eigenvalue weighted by atomic mass is 10.1. The number of nitrogens with zero attached hydrogens (tertiary/aromatic N) is 3. The summed E-state index contributed by atoms with van der Waals surface area (Å²) in [5.74, 6) is 0.388. The molecule has 2 amide bonds. The van der Waals surface area contributed by atoms with Crippen LogP contribution in [-0.2, 0) is 20.9 Å². The highest BCUT2D eigenvalue weighted by atomic mass is 16.2. The van der Waals surface area contributed by atoms with E-state index in [0.717, 1.165) is 11.1 Å². The van der Waals surface area contributed by atoms with Gasteiger partial charge in [0.15, 0.2) is 0 Å². The zero-order chi connectivity index (χ0) is 16.4. The maximum atomic E-state index is 12.4. The zero-order valence-corrected chi connectivity index (χ0v) is 12.9. The van der Waals surface area contributed by atoms with Crippen LogP contribution in [0.2, 0.25) is 0 Å². The van der Waals surface area contributed by atoms with E-state index < -0.39 is 0 Å². The number of aldehydes is 1. The minimum absolute atomic E-state index is 0.0152. The lowest BCUT2D eigenvalue weighted by Crippen LogP contribution is -2.57. The van der Waals surface area contributed by atoms with Crippen molar-refractivity contribution in [1.82, 2.24) is 14.8 Å². The molecule has 3 heterocycles. The maximum Gasteiger partial charge on any atom is 0.244 e. The van der Waals surface area contributed by atoms with Gasteiger partial charge in [0, 0.05) is 44.9 Å². The molecule has 0 bridgehead atoms. The maximum absolute atomic E-state index is 12.4. The SMILES string of the molecule is CC(=O)N1CCN2Cc3cc(/C=C/C=O)cnc3NC(=O)C2C1. The third-order valence-electron chi connectivity index (χ3n) is 4.21. The van der Waals surface area contributed by atoms with Crippen LogP contribution in [0.3, 0.4) is 0 Å². The predicted octanol–water partition coefficient (Wildman–Crippen LogP) is 0.279. The number of pyridine rings is 1. The molecule has 1 saturated heterocycles. The minimum atomic E-state index is -0.365.